The monoisotopic (exact) mass is 278 g/mol. The fourth-order valence-electron chi connectivity index (χ4n) is 3.11. The maximum Gasteiger partial charge on any atom is 0.336 e. The smallest absolute Gasteiger partial charge is 0.336 e. The van der Waals surface area contributed by atoms with Crippen molar-refractivity contribution < 1.29 is 19.4 Å². The number of carbonyl (C=O) groups is 2. The maximum absolute atomic E-state index is 12.3. The van der Waals surface area contributed by atoms with Gasteiger partial charge >= 0.3 is 12.0 Å². The molecule has 0 saturated heterocycles. The van der Waals surface area contributed by atoms with Crippen molar-refractivity contribution in [1.29, 1.82) is 0 Å². The summed E-state index contributed by atoms with van der Waals surface area (Å²) in [6.45, 7) is 0. The molecule has 0 aliphatic heterocycles. The van der Waals surface area contributed by atoms with Crippen LogP contribution in [0.4, 0.5) is 5.95 Å². The van der Waals surface area contributed by atoms with E-state index in [1.54, 1.807) is 0 Å². The second-order valence-corrected chi connectivity index (χ2v) is 5.00. The molecular formula is C12H14N4O4. The van der Waals surface area contributed by atoms with E-state index in [1.807, 2.05) is 12.2 Å². The van der Waals surface area contributed by atoms with E-state index in [1.165, 1.54) is 7.11 Å². The molecule has 4 atom stereocenters. The fourth-order valence-corrected chi connectivity index (χ4v) is 3.11. The van der Waals surface area contributed by atoms with Crippen LogP contribution in [0, 0.1) is 23.7 Å². The van der Waals surface area contributed by atoms with Gasteiger partial charge in [-0.2, -0.15) is 4.98 Å². The summed E-state index contributed by atoms with van der Waals surface area (Å²) >= 11 is 0. The van der Waals surface area contributed by atoms with E-state index in [0.717, 1.165) is 6.42 Å². The van der Waals surface area contributed by atoms with Gasteiger partial charge < -0.3 is 9.84 Å². The lowest BCUT2D eigenvalue weighted by molar-refractivity contribution is -0.146. The lowest BCUT2D eigenvalue weighted by atomic mass is 9.82. The number of anilines is 1. The van der Waals surface area contributed by atoms with E-state index in [9.17, 15) is 14.7 Å². The predicted molar refractivity (Wildman–Crippen MR) is 66.9 cm³/mol. The first-order chi connectivity index (χ1) is 9.60. The molecule has 0 radical (unpaired) electrons. The molecule has 2 aliphatic carbocycles. The Morgan fingerprint density at radius 3 is 2.70 bits per heavy atom. The molecule has 0 aromatic carbocycles. The molecule has 2 aliphatic rings. The number of rotatable bonds is 4. The zero-order valence-corrected chi connectivity index (χ0v) is 10.7. The molecule has 1 aromatic rings. The minimum absolute atomic E-state index is 0.0223. The third kappa shape index (κ3) is 1.93. The van der Waals surface area contributed by atoms with Crippen LogP contribution in [-0.4, -0.2) is 39.3 Å². The average molecular weight is 278 g/mol. The summed E-state index contributed by atoms with van der Waals surface area (Å²) in [6, 6.07) is 0.114. The summed E-state index contributed by atoms with van der Waals surface area (Å²) in [5.41, 5.74) is 0. The van der Waals surface area contributed by atoms with Gasteiger partial charge in [0, 0.05) is 0 Å². The zero-order chi connectivity index (χ0) is 14.3. The second kappa shape index (κ2) is 4.62. The molecule has 1 saturated carbocycles. The lowest BCUT2D eigenvalue weighted by Gasteiger charge is -2.23. The van der Waals surface area contributed by atoms with Crippen molar-refractivity contribution in [3.05, 3.63) is 12.2 Å². The Morgan fingerprint density at radius 2 is 2.10 bits per heavy atom. The molecule has 0 spiro atoms. The van der Waals surface area contributed by atoms with Gasteiger partial charge in [-0.1, -0.05) is 12.2 Å². The number of aromatic amines is 1. The van der Waals surface area contributed by atoms with E-state index < -0.39 is 17.8 Å². The van der Waals surface area contributed by atoms with Crippen LogP contribution in [0.15, 0.2) is 12.2 Å². The number of methoxy groups -OCH3 is 1. The normalized spacial score (nSPS) is 30.4. The van der Waals surface area contributed by atoms with Crippen molar-refractivity contribution in [3.8, 4) is 6.01 Å². The summed E-state index contributed by atoms with van der Waals surface area (Å²) in [5.74, 6) is -2.45. The predicted octanol–water partition coefficient (Wildman–Crippen LogP) is 0.275. The molecule has 1 heterocycles. The minimum Gasteiger partial charge on any atom is -0.481 e. The van der Waals surface area contributed by atoms with E-state index in [0.29, 0.717) is 0 Å². The third-order valence-electron chi connectivity index (χ3n) is 3.94. The van der Waals surface area contributed by atoms with Gasteiger partial charge in [-0.3, -0.25) is 14.9 Å². The number of allylic oxidation sites excluding steroid dienone is 2. The number of carbonyl (C=O) groups excluding carboxylic acids is 1. The first-order valence-corrected chi connectivity index (χ1v) is 6.28. The highest BCUT2D eigenvalue weighted by molar-refractivity contribution is 5.95. The topological polar surface area (TPSA) is 117 Å². The van der Waals surface area contributed by atoms with Gasteiger partial charge in [-0.25, -0.2) is 5.10 Å². The molecule has 1 aromatic heterocycles. The number of hydrogen-bond donors (Lipinski definition) is 3. The van der Waals surface area contributed by atoms with Gasteiger partial charge in [0.1, 0.15) is 0 Å². The number of aliphatic carboxylic acids is 1. The van der Waals surface area contributed by atoms with Crippen LogP contribution in [0.25, 0.3) is 0 Å². The summed E-state index contributed by atoms with van der Waals surface area (Å²) < 4.78 is 4.80. The van der Waals surface area contributed by atoms with Gasteiger partial charge in [0.2, 0.25) is 11.9 Å². The van der Waals surface area contributed by atoms with Gasteiger partial charge in [0.25, 0.3) is 0 Å². The number of aromatic nitrogens is 3. The highest BCUT2D eigenvalue weighted by Crippen LogP contribution is 2.48. The minimum atomic E-state index is -0.933. The van der Waals surface area contributed by atoms with Crippen molar-refractivity contribution in [1.82, 2.24) is 15.2 Å². The molecular weight excluding hydrogens is 264 g/mol. The van der Waals surface area contributed by atoms with Gasteiger partial charge in [0.05, 0.1) is 18.9 Å². The Morgan fingerprint density at radius 1 is 1.40 bits per heavy atom. The number of hydrogen-bond acceptors (Lipinski definition) is 5. The summed E-state index contributed by atoms with van der Waals surface area (Å²) in [7, 11) is 1.41. The Hall–Kier alpha value is -2.38. The van der Waals surface area contributed by atoms with Crippen molar-refractivity contribution >= 4 is 17.8 Å². The maximum atomic E-state index is 12.3. The molecule has 1 fully saturated rings. The van der Waals surface area contributed by atoms with E-state index in [-0.39, 0.29) is 29.7 Å². The molecule has 8 nitrogen and oxygen atoms in total. The highest BCUT2D eigenvalue weighted by Gasteiger charge is 2.51. The van der Waals surface area contributed by atoms with E-state index in [2.05, 4.69) is 20.5 Å². The van der Waals surface area contributed by atoms with E-state index >= 15 is 0 Å². The van der Waals surface area contributed by atoms with Crippen LogP contribution in [0.1, 0.15) is 6.42 Å². The molecule has 20 heavy (non-hydrogen) atoms. The molecule has 8 heteroatoms. The Balaban J connectivity index is 1.76. The number of carboxylic acids is 1. The number of nitrogens with one attached hydrogen (secondary N) is 2. The van der Waals surface area contributed by atoms with Gasteiger partial charge in [-0.15, -0.1) is 5.10 Å². The summed E-state index contributed by atoms with van der Waals surface area (Å²) in [6.07, 6.45) is 4.54. The summed E-state index contributed by atoms with van der Waals surface area (Å²) in [4.78, 5) is 27.5. The number of carboxylic acid groups (broad SMARTS) is 1. The van der Waals surface area contributed by atoms with Gasteiger partial charge in [-0.05, 0) is 18.3 Å². The quantitative estimate of drug-likeness (QED) is 0.681. The number of nitrogens with zero attached hydrogens (tertiary/aromatic N) is 2. The van der Waals surface area contributed by atoms with Crippen LogP contribution in [-0.2, 0) is 9.59 Å². The number of fused-ring (bicyclic) bond motifs is 2. The number of H-pyrrole nitrogens is 1. The molecule has 1 amide bonds. The van der Waals surface area contributed by atoms with Crippen LogP contribution < -0.4 is 10.1 Å². The number of ether oxygens (including phenoxy) is 1. The Bertz CT molecular complexity index is 582. The van der Waals surface area contributed by atoms with Crippen LogP contribution in [0.5, 0.6) is 6.01 Å². The van der Waals surface area contributed by atoms with Crippen LogP contribution in [0.3, 0.4) is 0 Å². The van der Waals surface area contributed by atoms with Crippen molar-refractivity contribution in [2.45, 2.75) is 6.42 Å². The summed E-state index contributed by atoms with van der Waals surface area (Å²) in [5, 5.41) is 18.1. The van der Waals surface area contributed by atoms with E-state index in [4.69, 9.17) is 4.74 Å². The Kier molecular flexibility index (Phi) is 2.92. The Labute approximate surface area is 114 Å². The highest BCUT2D eigenvalue weighted by atomic mass is 16.5. The van der Waals surface area contributed by atoms with Crippen LogP contribution in [0.2, 0.25) is 0 Å². The van der Waals surface area contributed by atoms with Crippen LogP contribution >= 0.6 is 0 Å². The largest absolute Gasteiger partial charge is 0.481 e. The van der Waals surface area contributed by atoms with Crippen molar-refractivity contribution in [2.24, 2.45) is 23.7 Å². The molecule has 3 N–H and O–H groups in total. The van der Waals surface area contributed by atoms with Crippen molar-refractivity contribution in [3.63, 3.8) is 0 Å². The SMILES string of the molecule is COc1n[nH]c(NC(=O)C2C3C=CC(C3)C2C(=O)O)n1. The lowest BCUT2D eigenvalue weighted by Crippen LogP contribution is -2.36. The standard InChI is InChI=1S/C12H14N4O4/c1-20-12-14-11(15-16-12)13-9(17)7-5-2-3-6(4-5)8(7)10(18)19/h2-3,5-8H,4H2,1H3,(H,18,19)(H2,13,14,15,16,17). The second-order valence-electron chi connectivity index (χ2n) is 5.00. The first-order valence-electron chi connectivity index (χ1n) is 6.28. The first kappa shape index (κ1) is 12.6. The molecule has 4 unspecified atom stereocenters. The number of amides is 1. The molecule has 3 rings (SSSR count). The molecule has 106 valence electrons. The molecule has 2 bridgehead atoms. The van der Waals surface area contributed by atoms with Gasteiger partial charge in [0.15, 0.2) is 0 Å². The average Bonchev–Trinajstić information content (AvgIpc) is 3.12. The van der Waals surface area contributed by atoms with Crippen molar-refractivity contribution in [2.75, 3.05) is 12.4 Å². The zero-order valence-electron chi connectivity index (χ0n) is 10.7. The fraction of sp³-hybridized carbons (Fsp3) is 0.500. The third-order valence-corrected chi connectivity index (χ3v) is 3.94.